The van der Waals surface area contributed by atoms with Crippen LogP contribution < -0.4 is 14.2 Å². The third-order valence-electron chi connectivity index (χ3n) is 5.30. The Morgan fingerprint density at radius 3 is 2.23 bits per heavy atom. The predicted molar refractivity (Wildman–Crippen MR) is 126 cm³/mol. The summed E-state index contributed by atoms with van der Waals surface area (Å²) in [7, 11) is 4.87. The van der Waals surface area contributed by atoms with Crippen molar-refractivity contribution in [1.29, 1.82) is 0 Å². The molecule has 31 heavy (non-hydrogen) atoms. The van der Waals surface area contributed by atoms with E-state index in [0.29, 0.717) is 24.6 Å². The molecule has 0 bridgehead atoms. The molecule has 164 valence electrons. The quantitative estimate of drug-likeness (QED) is 0.339. The van der Waals surface area contributed by atoms with Crippen LogP contribution >= 0.6 is 11.6 Å². The van der Waals surface area contributed by atoms with Crippen LogP contribution in [0.2, 0.25) is 0 Å². The van der Waals surface area contributed by atoms with Crippen LogP contribution in [-0.2, 0) is 4.79 Å². The number of likely N-dealkylation sites (tertiary alicyclic amines) is 1. The highest BCUT2D eigenvalue weighted by atomic mass is 35.5. The van der Waals surface area contributed by atoms with E-state index in [1.165, 1.54) is 0 Å². The van der Waals surface area contributed by atoms with Gasteiger partial charge in [0.15, 0.2) is 0 Å². The Labute approximate surface area is 188 Å². The number of amides is 1. The van der Waals surface area contributed by atoms with Crippen LogP contribution in [0.1, 0.15) is 29.5 Å². The average Bonchev–Trinajstić information content (AvgIpc) is 2.81. The van der Waals surface area contributed by atoms with Gasteiger partial charge in [0.05, 0.1) is 21.3 Å². The summed E-state index contributed by atoms with van der Waals surface area (Å²) in [4.78, 5) is 14.5. The molecule has 0 saturated carbocycles. The van der Waals surface area contributed by atoms with Gasteiger partial charge in [-0.15, -0.1) is 11.6 Å². The summed E-state index contributed by atoms with van der Waals surface area (Å²) in [6.45, 7) is 1.36. The van der Waals surface area contributed by atoms with Crippen LogP contribution in [0.15, 0.2) is 42.5 Å². The predicted octanol–water partition coefficient (Wildman–Crippen LogP) is 5.13. The lowest BCUT2D eigenvalue weighted by atomic mass is 10.0. The molecular weight excluding hydrogens is 414 g/mol. The van der Waals surface area contributed by atoms with E-state index < -0.39 is 0 Å². The Morgan fingerprint density at radius 2 is 1.61 bits per heavy atom. The fraction of sp³-hybridized carbons (Fsp3) is 0.320. The van der Waals surface area contributed by atoms with Crippen molar-refractivity contribution in [2.75, 3.05) is 34.4 Å². The number of alkyl halides is 1. The molecule has 1 saturated heterocycles. The van der Waals surface area contributed by atoms with Crippen LogP contribution in [0, 0.1) is 0 Å². The maximum atomic E-state index is 12.7. The van der Waals surface area contributed by atoms with Crippen LogP contribution in [0.25, 0.3) is 18.2 Å². The number of halogens is 1. The van der Waals surface area contributed by atoms with Crippen molar-refractivity contribution in [3.05, 3.63) is 59.2 Å². The summed E-state index contributed by atoms with van der Waals surface area (Å²) in [5.74, 6) is 2.10. The van der Waals surface area contributed by atoms with Crippen molar-refractivity contribution in [2.24, 2.45) is 0 Å². The minimum atomic E-state index is -0.0217. The van der Waals surface area contributed by atoms with Gasteiger partial charge >= 0.3 is 0 Å². The van der Waals surface area contributed by atoms with Gasteiger partial charge in [0.2, 0.25) is 5.91 Å². The molecule has 0 atom stereocenters. The van der Waals surface area contributed by atoms with Crippen LogP contribution in [-0.4, -0.2) is 50.6 Å². The summed E-state index contributed by atoms with van der Waals surface area (Å²) in [6.07, 6.45) is 9.03. The van der Waals surface area contributed by atoms with Gasteiger partial charge in [-0.25, -0.2) is 0 Å². The van der Waals surface area contributed by atoms with Gasteiger partial charge in [-0.2, -0.15) is 0 Å². The molecule has 0 aliphatic carbocycles. The van der Waals surface area contributed by atoms with Crippen LogP contribution in [0.3, 0.4) is 0 Å². The number of methoxy groups -OCH3 is 3. The first-order valence-corrected chi connectivity index (χ1v) is 10.7. The number of rotatable bonds is 7. The summed E-state index contributed by atoms with van der Waals surface area (Å²) in [6, 6.07) is 11.5. The van der Waals surface area contributed by atoms with E-state index in [4.69, 9.17) is 25.8 Å². The smallest absolute Gasteiger partial charge is 0.246 e. The van der Waals surface area contributed by atoms with Crippen molar-refractivity contribution in [2.45, 2.75) is 18.2 Å². The highest BCUT2D eigenvalue weighted by molar-refractivity contribution is 6.20. The first kappa shape index (κ1) is 22.8. The summed E-state index contributed by atoms with van der Waals surface area (Å²) in [5, 5.41) is 0.157. The number of nitrogens with zero attached hydrogens (tertiary/aromatic N) is 1. The molecule has 0 radical (unpaired) electrons. The molecule has 0 spiro atoms. The third kappa shape index (κ3) is 6.05. The van der Waals surface area contributed by atoms with E-state index in [1.807, 2.05) is 53.5 Å². The second kappa shape index (κ2) is 10.9. The van der Waals surface area contributed by atoms with E-state index in [0.717, 1.165) is 35.3 Å². The number of hydrogen-bond acceptors (Lipinski definition) is 4. The number of benzene rings is 2. The number of hydrogen-bond donors (Lipinski definition) is 0. The molecule has 1 aliphatic heterocycles. The fourth-order valence-corrected chi connectivity index (χ4v) is 3.65. The molecule has 6 heteroatoms. The number of ether oxygens (including phenoxy) is 3. The highest BCUT2D eigenvalue weighted by Crippen LogP contribution is 2.31. The Hall–Kier alpha value is -2.92. The highest BCUT2D eigenvalue weighted by Gasteiger charge is 2.20. The van der Waals surface area contributed by atoms with E-state index >= 15 is 0 Å². The third-order valence-corrected chi connectivity index (χ3v) is 5.74. The minimum Gasteiger partial charge on any atom is -0.497 e. The van der Waals surface area contributed by atoms with E-state index in [9.17, 15) is 4.79 Å². The molecule has 3 rings (SSSR count). The average molecular weight is 442 g/mol. The lowest BCUT2D eigenvalue weighted by Crippen LogP contribution is -2.37. The van der Waals surface area contributed by atoms with Gasteiger partial charge in [0.25, 0.3) is 0 Å². The normalized spacial score (nSPS) is 14.9. The van der Waals surface area contributed by atoms with Crippen LogP contribution in [0.5, 0.6) is 17.2 Å². The Balaban J connectivity index is 1.88. The van der Waals surface area contributed by atoms with Crippen molar-refractivity contribution in [3.63, 3.8) is 0 Å². The molecule has 2 aromatic carbocycles. The molecule has 1 aliphatic rings. The molecular formula is C25H28ClNO4. The monoisotopic (exact) mass is 441 g/mol. The topological polar surface area (TPSA) is 48.0 Å². The standard InChI is InChI=1S/C25H28ClNO4/c1-29-21-8-5-18(6-9-21)4-7-19-16-22(30-2)17-24(31-3)23(19)10-11-25(28)27-14-12-20(26)13-15-27/h4-11,16-17,20H,12-15H2,1-3H3/b7-4+,11-10+. The molecule has 0 N–H and O–H groups in total. The van der Waals surface area contributed by atoms with Gasteiger partial charge in [0.1, 0.15) is 17.2 Å². The zero-order chi connectivity index (χ0) is 22.2. The van der Waals surface area contributed by atoms with Gasteiger partial charge in [-0.05, 0) is 48.2 Å². The Morgan fingerprint density at radius 1 is 0.935 bits per heavy atom. The van der Waals surface area contributed by atoms with Crippen molar-refractivity contribution < 1.29 is 19.0 Å². The van der Waals surface area contributed by atoms with Gasteiger partial charge in [-0.1, -0.05) is 24.3 Å². The molecule has 1 heterocycles. The summed E-state index contributed by atoms with van der Waals surface area (Å²) < 4.78 is 16.2. The molecule has 1 amide bonds. The summed E-state index contributed by atoms with van der Waals surface area (Å²) >= 11 is 6.15. The molecule has 0 aromatic heterocycles. The minimum absolute atomic E-state index is 0.0217. The Bertz CT molecular complexity index is 945. The zero-order valence-corrected chi connectivity index (χ0v) is 18.9. The van der Waals surface area contributed by atoms with E-state index in [2.05, 4.69) is 0 Å². The van der Waals surface area contributed by atoms with Gasteiger partial charge < -0.3 is 19.1 Å². The lowest BCUT2D eigenvalue weighted by molar-refractivity contribution is -0.126. The largest absolute Gasteiger partial charge is 0.497 e. The number of piperidine rings is 1. The lowest BCUT2D eigenvalue weighted by Gasteiger charge is -2.28. The van der Waals surface area contributed by atoms with E-state index in [-0.39, 0.29) is 11.3 Å². The number of carbonyl (C=O) groups is 1. The first-order valence-electron chi connectivity index (χ1n) is 10.2. The van der Waals surface area contributed by atoms with Crippen molar-refractivity contribution in [1.82, 2.24) is 4.90 Å². The van der Waals surface area contributed by atoms with Crippen LogP contribution in [0.4, 0.5) is 0 Å². The maximum Gasteiger partial charge on any atom is 0.246 e. The van der Waals surface area contributed by atoms with Gasteiger partial charge in [-0.3, -0.25) is 4.79 Å². The molecule has 2 aromatic rings. The van der Waals surface area contributed by atoms with E-state index in [1.54, 1.807) is 33.5 Å². The fourth-order valence-electron chi connectivity index (χ4n) is 3.45. The second-order valence-corrected chi connectivity index (χ2v) is 7.89. The SMILES string of the molecule is COc1ccc(/C=C/c2cc(OC)cc(OC)c2/C=C/C(=O)N2CCC(Cl)CC2)cc1. The first-order chi connectivity index (χ1) is 15.0. The second-order valence-electron chi connectivity index (χ2n) is 7.27. The Kier molecular flexibility index (Phi) is 8.01. The van der Waals surface area contributed by atoms with Gasteiger partial charge in [0, 0.05) is 36.2 Å². The molecule has 0 unspecified atom stereocenters. The zero-order valence-electron chi connectivity index (χ0n) is 18.1. The number of carbonyl (C=O) groups excluding carboxylic acids is 1. The maximum absolute atomic E-state index is 12.7. The van der Waals surface area contributed by atoms with Crippen molar-refractivity contribution >= 4 is 35.7 Å². The summed E-state index contributed by atoms with van der Waals surface area (Å²) in [5.41, 5.74) is 2.72. The molecule has 1 fully saturated rings. The molecule has 5 nitrogen and oxygen atoms in total. The van der Waals surface area contributed by atoms with Crippen molar-refractivity contribution in [3.8, 4) is 17.2 Å².